The first-order chi connectivity index (χ1) is 13.9. The molecular formula is C22H24N2O4S. The summed E-state index contributed by atoms with van der Waals surface area (Å²) in [5, 5.41) is 3.77. The maximum absolute atomic E-state index is 12.8. The van der Waals surface area contributed by atoms with Gasteiger partial charge in [-0.25, -0.2) is 4.79 Å². The fourth-order valence-corrected chi connectivity index (χ4v) is 3.93. The molecule has 0 spiro atoms. The Morgan fingerprint density at radius 3 is 2.41 bits per heavy atom. The summed E-state index contributed by atoms with van der Waals surface area (Å²) >= 11 is 5.68. The number of carbonyl (C=O) groups is 1. The molecule has 0 unspecified atom stereocenters. The van der Waals surface area contributed by atoms with E-state index >= 15 is 0 Å². The molecule has 0 aliphatic carbocycles. The summed E-state index contributed by atoms with van der Waals surface area (Å²) in [4.78, 5) is 14.6. The number of allylic oxidation sites excluding steroid dienone is 1. The maximum atomic E-state index is 12.8. The zero-order valence-electron chi connectivity index (χ0n) is 17.1. The number of hydrogen-bond donors (Lipinski definition) is 1. The van der Waals surface area contributed by atoms with Crippen molar-refractivity contribution in [1.29, 1.82) is 0 Å². The third-order valence-electron chi connectivity index (χ3n) is 4.89. The topological polar surface area (TPSA) is 60.0 Å². The second kappa shape index (κ2) is 8.53. The second-order valence-corrected chi connectivity index (χ2v) is 7.02. The third kappa shape index (κ3) is 3.78. The Balaban J connectivity index is 2.20. The van der Waals surface area contributed by atoms with E-state index in [0.29, 0.717) is 27.9 Å². The molecule has 0 saturated heterocycles. The van der Waals surface area contributed by atoms with E-state index in [-0.39, 0.29) is 0 Å². The molecule has 1 atom stereocenters. The van der Waals surface area contributed by atoms with Crippen molar-refractivity contribution in [3.8, 4) is 11.5 Å². The predicted octanol–water partition coefficient (Wildman–Crippen LogP) is 3.90. The van der Waals surface area contributed by atoms with Gasteiger partial charge in [0.2, 0.25) is 0 Å². The molecule has 3 rings (SSSR count). The highest BCUT2D eigenvalue weighted by atomic mass is 32.1. The first-order valence-corrected chi connectivity index (χ1v) is 9.51. The SMILES string of the molecule is COC(=O)C1=C(C)N(c2cccc(C)c2)C(=S)N[C@@H]1c1cccc(OC)c1OC. The fourth-order valence-electron chi connectivity index (χ4n) is 3.57. The molecule has 152 valence electrons. The number of benzene rings is 2. The van der Waals surface area contributed by atoms with Crippen LogP contribution in [-0.4, -0.2) is 32.4 Å². The van der Waals surface area contributed by atoms with Crippen molar-refractivity contribution >= 4 is 29.0 Å². The normalized spacial score (nSPS) is 16.4. The Labute approximate surface area is 176 Å². The smallest absolute Gasteiger partial charge is 0.337 e. The minimum absolute atomic E-state index is 0.440. The van der Waals surface area contributed by atoms with Gasteiger partial charge in [0.25, 0.3) is 0 Å². The molecule has 0 fully saturated rings. The molecule has 1 heterocycles. The van der Waals surface area contributed by atoms with Crippen LogP contribution in [0.2, 0.25) is 0 Å². The number of nitrogens with one attached hydrogen (secondary N) is 1. The van der Waals surface area contributed by atoms with Crippen molar-refractivity contribution in [2.45, 2.75) is 19.9 Å². The monoisotopic (exact) mass is 412 g/mol. The highest BCUT2D eigenvalue weighted by Gasteiger charge is 2.37. The number of methoxy groups -OCH3 is 3. The molecule has 6 nitrogen and oxygen atoms in total. The van der Waals surface area contributed by atoms with Crippen LogP contribution in [0.5, 0.6) is 11.5 Å². The van der Waals surface area contributed by atoms with Crippen LogP contribution in [0.15, 0.2) is 53.7 Å². The van der Waals surface area contributed by atoms with E-state index in [1.807, 2.05) is 55.1 Å². The van der Waals surface area contributed by atoms with E-state index in [0.717, 1.165) is 16.8 Å². The van der Waals surface area contributed by atoms with Crippen LogP contribution in [0.1, 0.15) is 24.1 Å². The highest BCUT2D eigenvalue weighted by molar-refractivity contribution is 7.80. The molecule has 0 saturated carbocycles. The molecule has 0 bridgehead atoms. The fraction of sp³-hybridized carbons (Fsp3) is 0.273. The number of hydrogen-bond acceptors (Lipinski definition) is 5. The van der Waals surface area contributed by atoms with Crippen LogP contribution in [0.3, 0.4) is 0 Å². The molecule has 2 aromatic carbocycles. The average Bonchev–Trinajstić information content (AvgIpc) is 2.72. The van der Waals surface area contributed by atoms with Gasteiger partial charge in [-0.05, 0) is 49.8 Å². The van der Waals surface area contributed by atoms with Crippen LogP contribution in [0, 0.1) is 6.92 Å². The van der Waals surface area contributed by atoms with E-state index in [4.69, 9.17) is 26.4 Å². The number of carbonyl (C=O) groups excluding carboxylic acids is 1. The number of thiocarbonyl (C=S) groups is 1. The van der Waals surface area contributed by atoms with Gasteiger partial charge in [0.05, 0.1) is 32.9 Å². The summed E-state index contributed by atoms with van der Waals surface area (Å²) in [6, 6.07) is 12.9. The van der Waals surface area contributed by atoms with Gasteiger partial charge in [0, 0.05) is 16.9 Å². The van der Waals surface area contributed by atoms with Crippen molar-refractivity contribution in [2.75, 3.05) is 26.2 Å². The van der Waals surface area contributed by atoms with Gasteiger partial charge in [0.1, 0.15) is 0 Å². The van der Waals surface area contributed by atoms with E-state index in [1.54, 1.807) is 20.3 Å². The number of esters is 1. The van der Waals surface area contributed by atoms with Gasteiger partial charge in [-0.1, -0.05) is 24.3 Å². The van der Waals surface area contributed by atoms with E-state index in [1.165, 1.54) is 7.11 Å². The highest BCUT2D eigenvalue weighted by Crippen LogP contribution is 2.41. The largest absolute Gasteiger partial charge is 0.493 e. The molecule has 1 aliphatic rings. The predicted molar refractivity (Wildman–Crippen MR) is 116 cm³/mol. The van der Waals surface area contributed by atoms with Gasteiger partial charge in [-0.3, -0.25) is 4.90 Å². The number of rotatable bonds is 5. The zero-order chi connectivity index (χ0) is 21.1. The van der Waals surface area contributed by atoms with Crippen molar-refractivity contribution in [1.82, 2.24) is 5.32 Å². The first kappa shape index (κ1) is 20.7. The molecule has 0 aromatic heterocycles. The van der Waals surface area contributed by atoms with E-state index in [2.05, 4.69) is 5.32 Å². The van der Waals surface area contributed by atoms with Gasteiger partial charge < -0.3 is 19.5 Å². The van der Waals surface area contributed by atoms with Crippen molar-refractivity contribution in [3.05, 3.63) is 64.9 Å². The number of nitrogens with zero attached hydrogens (tertiary/aromatic N) is 1. The number of para-hydroxylation sites is 1. The van der Waals surface area contributed by atoms with Crippen LogP contribution in [-0.2, 0) is 9.53 Å². The summed E-state index contributed by atoms with van der Waals surface area (Å²) in [6.45, 7) is 3.87. The first-order valence-electron chi connectivity index (χ1n) is 9.10. The Morgan fingerprint density at radius 2 is 1.79 bits per heavy atom. The zero-order valence-corrected chi connectivity index (χ0v) is 17.9. The summed E-state index contributed by atoms with van der Waals surface area (Å²) in [6.07, 6.45) is 0. The second-order valence-electron chi connectivity index (χ2n) is 6.63. The average molecular weight is 413 g/mol. The molecule has 0 amide bonds. The molecular weight excluding hydrogens is 388 g/mol. The Hall–Kier alpha value is -3.06. The van der Waals surface area contributed by atoms with E-state index in [9.17, 15) is 4.79 Å². The molecule has 1 N–H and O–H groups in total. The van der Waals surface area contributed by atoms with Gasteiger partial charge in [-0.2, -0.15) is 0 Å². The lowest BCUT2D eigenvalue weighted by molar-refractivity contribution is -0.136. The van der Waals surface area contributed by atoms with Crippen molar-refractivity contribution in [3.63, 3.8) is 0 Å². The van der Waals surface area contributed by atoms with Crippen molar-refractivity contribution < 1.29 is 19.0 Å². The lowest BCUT2D eigenvalue weighted by atomic mass is 9.93. The lowest BCUT2D eigenvalue weighted by Gasteiger charge is -2.38. The van der Waals surface area contributed by atoms with E-state index < -0.39 is 12.0 Å². The number of ether oxygens (including phenoxy) is 3. The number of aryl methyl sites for hydroxylation is 1. The molecule has 7 heteroatoms. The van der Waals surface area contributed by atoms with Crippen LogP contribution in [0.4, 0.5) is 5.69 Å². The Kier molecular flexibility index (Phi) is 6.08. The summed E-state index contributed by atoms with van der Waals surface area (Å²) in [5.74, 6) is 0.666. The molecule has 1 aliphatic heterocycles. The summed E-state index contributed by atoms with van der Waals surface area (Å²) < 4.78 is 16.1. The number of anilines is 1. The standard InChI is InChI=1S/C22H24N2O4S/c1-13-8-6-9-15(12-13)24-14(2)18(21(25)28-5)19(23-22(24)29)16-10-7-11-17(26-3)20(16)27-4/h6-12,19H,1-5H3,(H,23,29)/t19-/m1/s1. The lowest BCUT2D eigenvalue weighted by Crippen LogP contribution is -2.48. The van der Waals surface area contributed by atoms with Crippen molar-refractivity contribution in [2.24, 2.45) is 0 Å². The summed E-state index contributed by atoms with van der Waals surface area (Å²) in [7, 11) is 4.50. The molecule has 0 radical (unpaired) electrons. The Bertz CT molecular complexity index is 987. The van der Waals surface area contributed by atoms with Crippen LogP contribution < -0.4 is 19.7 Å². The molecule has 2 aromatic rings. The third-order valence-corrected chi connectivity index (χ3v) is 5.19. The van der Waals surface area contributed by atoms with Crippen LogP contribution >= 0.6 is 12.2 Å². The minimum Gasteiger partial charge on any atom is -0.493 e. The van der Waals surface area contributed by atoms with Crippen LogP contribution in [0.25, 0.3) is 0 Å². The summed E-state index contributed by atoms with van der Waals surface area (Å²) in [5.41, 5.74) is 3.85. The van der Waals surface area contributed by atoms with Gasteiger partial charge >= 0.3 is 5.97 Å². The Morgan fingerprint density at radius 1 is 1.07 bits per heavy atom. The maximum Gasteiger partial charge on any atom is 0.337 e. The minimum atomic E-state index is -0.541. The quantitative estimate of drug-likeness (QED) is 0.590. The van der Waals surface area contributed by atoms with Gasteiger partial charge in [0.15, 0.2) is 16.6 Å². The molecule has 29 heavy (non-hydrogen) atoms. The van der Waals surface area contributed by atoms with Gasteiger partial charge in [-0.15, -0.1) is 0 Å².